The van der Waals surface area contributed by atoms with Gasteiger partial charge in [0.25, 0.3) is 0 Å². The first kappa shape index (κ1) is 8.62. The lowest BCUT2D eigenvalue weighted by atomic mass is 10.1. The van der Waals surface area contributed by atoms with Crippen LogP contribution in [0.25, 0.3) is 0 Å². The molecule has 0 unspecified atom stereocenters. The lowest BCUT2D eigenvalue weighted by Crippen LogP contribution is -2.22. The van der Waals surface area contributed by atoms with Gasteiger partial charge in [0.15, 0.2) is 0 Å². The van der Waals surface area contributed by atoms with Crippen LogP contribution in [-0.4, -0.2) is 13.1 Å². The second-order valence-corrected chi connectivity index (χ2v) is 3.80. The summed E-state index contributed by atoms with van der Waals surface area (Å²) in [5.74, 6) is 2.64. The molecule has 0 heterocycles. The fraction of sp³-hybridized carbons (Fsp3) is 0.800. The van der Waals surface area contributed by atoms with Crippen LogP contribution in [0.3, 0.4) is 0 Å². The van der Waals surface area contributed by atoms with Crippen LogP contribution in [-0.2, 0) is 0 Å². The van der Waals surface area contributed by atoms with Crippen LogP contribution < -0.4 is 5.32 Å². The molecule has 0 aromatic carbocycles. The first-order valence-corrected chi connectivity index (χ1v) is 4.41. The molecular formula is C10H17N. The van der Waals surface area contributed by atoms with Crippen molar-refractivity contribution in [3.05, 3.63) is 0 Å². The maximum Gasteiger partial charge on any atom is 0.00981 e. The SMILES string of the molecule is C#CCCCNCC1(C)CC1. The monoisotopic (exact) mass is 151 g/mol. The quantitative estimate of drug-likeness (QED) is 0.466. The van der Waals surface area contributed by atoms with Gasteiger partial charge in [-0.05, 0) is 31.2 Å². The van der Waals surface area contributed by atoms with Crippen molar-refractivity contribution in [2.75, 3.05) is 13.1 Å². The Morgan fingerprint density at radius 3 is 2.82 bits per heavy atom. The average Bonchev–Trinajstić information content (AvgIpc) is 2.69. The summed E-state index contributed by atoms with van der Waals surface area (Å²) in [6.45, 7) is 4.60. The van der Waals surface area contributed by atoms with Crippen molar-refractivity contribution in [3.8, 4) is 12.3 Å². The van der Waals surface area contributed by atoms with Crippen LogP contribution in [0.1, 0.15) is 32.6 Å². The molecule has 1 saturated carbocycles. The minimum Gasteiger partial charge on any atom is -0.316 e. The normalized spacial score (nSPS) is 19.3. The van der Waals surface area contributed by atoms with Gasteiger partial charge in [0.1, 0.15) is 0 Å². The summed E-state index contributed by atoms with van der Waals surface area (Å²) in [4.78, 5) is 0. The summed E-state index contributed by atoms with van der Waals surface area (Å²) in [5.41, 5.74) is 0.635. The summed E-state index contributed by atoms with van der Waals surface area (Å²) in [7, 11) is 0. The van der Waals surface area contributed by atoms with Crippen molar-refractivity contribution in [1.29, 1.82) is 0 Å². The van der Waals surface area contributed by atoms with Gasteiger partial charge in [-0.15, -0.1) is 12.3 Å². The van der Waals surface area contributed by atoms with Gasteiger partial charge >= 0.3 is 0 Å². The van der Waals surface area contributed by atoms with Crippen LogP contribution in [0.15, 0.2) is 0 Å². The highest BCUT2D eigenvalue weighted by atomic mass is 14.9. The van der Waals surface area contributed by atoms with Gasteiger partial charge in [-0.2, -0.15) is 0 Å². The molecule has 0 saturated heterocycles. The van der Waals surface area contributed by atoms with Gasteiger partial charge in [0, 0.05) is 13.0 Å². The minimum absolute atomic E-state index is 0.635. The molecule has 11 heavy (non-hydrogen) atoms. The second kappa shape index (κ2) is 3.78. The first-order valence-electron chi connectivity index (χ1n) is 4.41. The van der Waals surface area contributed by atoms with E-state index < -0.39 is 0 Å². The Balaban J connectivity index is 1.85. The van der Waals surface area contributed by atoms with Gasteiger partial charge in [0.2, 0.25) is 0 Å². The van der Waals surface area contributed by atoms with Crippen molar-refractivity contribution in [2.24, 2.45) is 5.41 Å². The number of nitrogens with one attached hydrogen (secondary N) is 1. The van der Waals surface area contributed by atoms with Crippen molar-refractivity contribution in [1.82, 2.24) is 5.32 Å². The third kappa shape index (κ3) is 3.43. The smallest absolute Gasteiger partial charge is 0.00981 e. The van der Waals surface area contributed by atoms with Crippen LogP contribution in [0, 0.1) is 17.8 Å². The molecule has 0 bridgehead atoms. The summed E-state index contributed by atoms with van der Waals surface area (Å²) in [6.07, 6.45) is 9.95. The fourth-order valence-electron chi connectivity index (χ4n) is 1.10. The Labute approximate surface area is 69.6 Å². The first-order chi connectivity index (χ1) is 5.27. The summed E-state index contributed by atoms with van der Waals surface area (Å²) < 4.78 is 0. The summed E-state index contributed by atoms with van der Waals surface area (Å²) in [5, 5.41) is 3.43. The molecule has 0 aromatic rings. The van der Waals surface area contributed by atoms with Crippen molar-refractivity contribution >= 4 is 0 Å². The van der Waals surface area contributed by atoms with Crippen LogP contribution in [0.4, 0.5) is 0 Å². The Morgan fingerprint density at radius 2 is 2.27 bits per heavy atom. The average molecular weight is 151 g/mol. The zero-order chi connectivity index (χ0) is 8.16. The van der Waals surface area contributed by atoms with E-state index in [1.165, 1.54) is 19.4 Å². The molecule has 62 valence electrons. The Morgan fingerprint density at radius 1 is 1.55 bits per heavy atom. The maximum atomic E-state index is 5.13. The highest BCUT2D eigenvalue weighted by Crippen LogP contribution is 2.43. The molecule has 0 radical (unpaired) electrons. The lowest BCUT2D eigenvalue weighted by Gasteiger charge is -2.08. The van der Waals surface area contributed by atoms with Crippen molar-refractivity contribution in [2.45, 2.75) is 32.6 Å². The minimum atomic E-state index is 0.635. The molecular weight excluding hydrogens is 134 g/mol. The van der Waals surface area contributed by atoms with Gasteiger partial charge in [-0.3, -0.25) is 0 Å². The second-order valence-electron chi connectivity index (χ2n) is 3.80. The van der Waals surface area contributed by atoms with Crippen LogP contribution >= 0.6 is 0 Å². The van der Waals surface area contributed by atoms with E-state index in [0.717, 1.165) is 19.4 Å². The molecule has 1 rings (SSSR count). The Hall–Kier alpha value is -0.480. The lowest BCUT2D eigenvalue weighted by molar-refractivity contribution is 0.496. The molecule has 1 nitrogen and oxygen atoms in total. The third-order valence-corrected chi connectivity index (χ3v) is 2.33. The zero-order valence-electron chi connectivity index (χ0n) is 7.32. The number of terminal acetylenes is 1. The van der Waals surface area contributed by atoms with Crippen LogP contribution in [0.5, 0.6) is 0 Å². The molecule has 0 amide bonds. The van der Waals surface area contributed by atoms with Gasteiger partial charge in [0.05, 0.1) is 0 Å². The van der Waals surface area contributed by atoms with Gasteiger partial charge in [-0.25, -0.2) is 0 Å². The number of rotatable bonds is 5. The highest BCUT2D eigenvalue weighted by Gasteiger charge is 2.36. The Bertz CT molecular complexity index is 151. The molecule has 0 aromatic heterocycles. The van der Waals surface area contributed by atoms with E-state index in [9.17, 15) is 0 Å². The summed E-state index contributed by atoms with van der Waals surface area (Å²) in [6, 6.07) is 0. The largest absolute Gasteiger partial charge is 0.316 e. The molecule has 1 N–H and O–H groups in total. The molecule has 1 aliphatic rings. The summed E-state index contributed by atoms with van der Waals surface area (Å²) >= 11 is 0. The van der Waals surface area contributed by atoms with E-state index >= 15 is 0 Å². The molecule has 1 fully saturated rings. The molecule has 0 aliphatic heterocycles. The molecule has 1 aliphatic carbocycles. The number of unbranched alkanes of at least 4 members (excludes halogenated alkanes) is 1. The van der Waals surface area contributed by atoms with E-state index in [-0.39, 0.29) is 0 Å². The van der Waals surface area contributed by atoms with E-state index in [4.69, 9.17) is 6.42 Å². The van der Waals surface area contributed by atoms with E-state index in [1.807, 2.05) is 0 Å². The van der Waals surface area contributed by atoms with Crippen molar-refractivity contribution < 1.29 is 0 Å². The standard InChI is InChI=1S/C10H17N/c1-3-4-5-8-11-9-10(2)6-7-10/h1,11H,4-9H2,2H3. The predicted octanol–water partition coefficient (Wildman–Crippen LogP) is 1.79. The third-order valence-electron chi connectivity index (χ3n) is 2.33. The van der Waals surface area contributed by atoms with Crippen LogP contribution in [0.2, 0.25) is 0 Å². The highest BCUT2D eigenvalue weighted by molar-refractivity contribution is 4.90. The molecule has 0 atom stereocenters. The van der Waals surface area contributed by atoms with Crippen molar-refractivity contribution in [3.63, 3.8) is 0 Å². The molecule has 0 spiro atoms. The number of hydrogen-bond donors (Lipinski definition) is 1. The van der Waals surface area contributed by atoms with Gasteiger partial charge in [-0.1, -0.05) is 6.92 Å². The Kier molecular flexibility index (Phi) is 2.96. The van der Waals surface area contributed by atoms with Gasteiger partial charge < -0.3 is 5.32 Å². The fourth-order valence-corrected chi connectivity index (χ4v) is 1.10. The zero-order valence-corrected chi connectivity index (χ0v) is 7.32. The topological polar surface area (TPSA) is 12.0 Å². The number of hydrogen-bond acceptors (Lipinski definition) is 1. The predicted molar refractivity (Wildman–Crippen MR) is 48.3 cm³/mol. The van der Waals surface area contributed by atoms with E-state index in [0.29, 0.717) is 5.41 Å². The van der Waals surface area contributed by atoms with E-state index in [1.54, 1.807) is 0 Å². The maximum absolute atomic E-state index is 5.13. The molecule has 1 heteroatoms. The van der Waals surface area contributed by atoms with E-state index in [2.05, 4.69) is 18.2 Å².